The SMILES string of the molecule is Cc1cccc(C)c1OCC(C)S. The maximum Gasteiger partial charge on any atom is 0.125 e. The van der Waals surface area contributed by atoms with Crippen LogP contribution in [0.1, 0.15) is 18.1 Å². The van der Waals surface area contributed by atoms with E-state index in [1.54, 1.807) is 0 Å². The van der Waals surface area contributed by atoms with E-state index in [4.69, 9.17) is 4.74 Å². The Bertz CT molecular complexity index is 261. The summed E-state index contributed by atoms with van der Waals surface area (Å²) in [6.45, 7) is 6.81. The molecule has 1 unspecified atom stereocenters. The van der Waals surface area contributed by atoms with E-state index < -0.39 is 0 Å². The Balaban J connectivity index is 2.75. The smallest absolute Gasteiger partial charge is 0.125 e. The van der Waals surface area contributed by atoms with Crippen LogP contribution in [0.25, 0.3) is 0 Å². The van der Waals surface area contributed by atoms with E-state index in [1.165, 1.54) is 11.1 Å². The summed E-state index contributed by atoms with van der Waals surface area (Å²) in [5, 5.41) is 0.277. The summed E-state index contributed by atoms with van der Waals surface area (Å²) in [6.07, 6.45) is 0. The lowest BCUT2D eigenvalue weighted by Crippen LogP contribution is -2.08. The van der Waals surface area contributed by atoms with Crippen molar-refractivity contribution in [3.8, 4) is 5.75 Å². The van der Waals surface area contributed by atoms with Gasteiger partial charge in [-0.2, -0.15) is 12.6 Å². The molecule has 0 aromatic heterocycles. The van der Waals surface area contributed by atoms with Crippen molar-refractivity contribution in [3.63, 3.8) is 0 Å². The van der Waals surface area contributed by atoms with Gasteiger partial charge < -0.3 is 4.74 Å². The van der Waals surface area contributed by atoms with Gasteiger partial charge in [-0.25, -0.2) is 0 Å². The Hall–Kier alpha value is -0.630. The first-order valence-electron chi connectivity index (χ1n) is 4.48. The topological polar surface area (TPSA) is 9.23 Å². The Morgan fingerprint density at radius 2 is 1.85 bits per heavy atom. The van der Waals surface area contributed by atoms with Gasteiger partial charge in [0.05, 0.1) is 6.61 Å². The van der Waals surface area contributed by atoms with E-state index in [2.05, 4.69) is 38.6 Å². The molecule has 0 fully saturated rings. The first-order valence-corrected chi connectivity index (χ1v) is 5.00. The predicted octanol–water partition coefficient (Wildman–Crippen LogP) is 3.00. The summed E-state index contributed by atoms with van der Waals surface area (Å²) >= 11 is 4.27. The predicted molar refractivity (Wildman–Crippen MR) is 59.9 cm³/mol. The molecule has 0 radical (unpaired) electrons. The second-order valence-electron chi connectivity index (χ2n) is 3.38. The number of benzene rings is 1. The summed E-state index contributed by atoms with van der Waals surface area (Å²) in [4.78, 5) is 0. The minimum Gasteiger partial charge on any atom is -0.492 e. The molecule has 0 aliphatic carbocycles. The molecule has 0 N–H and O–H groups in total. The molecule has 13 heavy (non-hydrogen) atoms. The molecule has 0 aliphatic heterocycles. The van der Waals surface area contributed by atoms with Crippen molar-refractivity contribution >= 4 is 12.6 Å². The molecule has 0 saturated heterocycles. The largest absolute Gasteiger partial charge is 0.492 e. The van der Waals surface area contributed by atoms with Crippen molar-refractivity contribution in [3.05, 3.63) is 29.3 Å². The molecule has 72 valence electrons. The van der Waals surface area contributed by atoms with Gasteiger partial charge in [0.15, 0.2) is 0 Å². The number of rotatable bonds is 3. The first-order chi connectivity index (χ1) is 6.11. The van der Waals surface area contributed by atoms with Gasteiger partial charge in [0.25, 0.3) is 0 Å². The van der Waals surface area contributed by atoms with Crippen molar-refractivity contribution < 1.29 is 4.74 Å². The fourth-order valence-electron chi connectivity index (χ4n) is 1.23. The molecular weight excluding hydrogens is 180 g/mol. The van der Waals surface area contributed by atoms with Crippen molar-refractivity contribution in [2.45, 2.75) is 26.0 Å². The molecule has 1 atom stereocenters. The Morgan fingerprint density at radius 1 is 1.31 bits per heavy atom. The van der Waals surface area contributed by atoms with Gasteiger partial charge in [-0.05, 0) is 25.0 Å². The zero-order valence-corrected chi connectivity index (χ0v) is 9.27. The fourth-order valence-corrected chi connectivity index (χ4v) is 1.31. The van der Waals surface area contributed by atoms with Crippen LogP contribution >= 0.6 is 12.6 Å². The van der Waals surface area contributed by atoms with Gasteiger partial charge in [0.2, 0.25) is 0 Å². The summed E-state index contributed by atoms with van der Waals surface area (Å²) in [7, 11) is 0. The highest BCUT2D eigenvalue weighted by Gasteiger charge is 2.03. The van der Waals surface area contributed by atoms with Crippen LogP contribution in [0, 0.1) is 13.8 Å². The van der Waals surface area contributed by atoms with E-state index in [-0.39, 0.29) is 5.25 Å². The second kappa shape index (κ2) is 4.56. The third kappa shape index (κ3) is 2.96. The van der Waals surface area contributed by atoms with Crippen LogP contribution < -0.4 is 4.74 Å². The molecule has 0 heterocycles. The summed E-state index contributed by atoms with van der Waals surface area (Å²) in [6, 6.07) is 6.17. The summed E-state index contributed by atoms with van der Waals surface area (Å²) in [5.74, 6) is 1.00. The molecule has 1 aromatic carbocycles. The molecule has 0 amide bonds. The molecule has 0 aliphatic rings. The molecule has 0 spiro atoms. The Morgan fingerprint density at radius 3 is 2.31 bits per heavy atom. The van der Waals surface area contributed by atoms with Crippen LogP contribution in [0.5, 0.6) is 5.75 Å². The lowest BCUT2D eigenvalue weighted by Gasteiger charge is -2.12. The Labute approximate surface area is 85.5 Å². The number of thiol groups is 1. The van der Waals surface area contributed by atoms with Crippen LogP contribution in [0.2, 0.25) is 0 Å². The molecule has 1 nitrogen and oxygen atoms in total. The number of hydrogen-bond acceptors (Lipinski definition) is 2. The first kappa shape index (κ1) is 10.5. The van der Waals surface area contributed by atoms with Crippen LogP contribution in [0.3, 0.4) is 0 Å². The maximum absolute atomic E-state index is 5.65. The maximum atomic E-state index is 5.65. The van der Waals surface area contributed by atoms with E-state index >= 15 is 0 Å². The van der Waals surface area contributed by atoms with Crippen LogP contribution in [-0.4, -0.2) is 11.9 Å². The van der Waals surface area contributed by atoms with Gasteiger partial charge in [-0.15, -0.1) is 0 Å². The zero-order valence-electron chi connectivity index (χ0n) is 8.37. The number of para-hydroxylation sites is 1. The highest BCUT2D eigenvalue weighted by atomic mass is 32.1. The average Bonchev–Trinajstić information content (AvgIpc) is 2.03. The normalized spacial score (nSPS) is 12.6. The lowest BCUT2D eigenvalue weighted by atomic mass is 10.1. The standard InChI is InChI=1S/C11H16OS/c1-8-5-4-6-9(2)11(8)12-7-10(3)13/h4-6,10,13H,7H2,1-3H3. The molecule has 2 heteroatoms. The molecular formula is C11H16OS. The van der Waals surface area contributed by atoms with E-state index in [0.717, 1.165) is 5.75 Å². The minimum atomic E-state index is 0.277. The quantitative estimate of drug-likeness (QED) is 0.731. The molecule has 0 bridgehead atoms. The summed E-state index contributed by atoms with van der Waals surface area (Å²) < 4.78 is 5.65. The zero-order chi connectivity index (χ0) is 9.84. The molecule has 1 rings (SSSR count). The van der Waals surface area contributed by atoms with Gasteiger partial charge in [0, 0.05) is 5.25 Å². The summed E-state index contributed by atoms with van der Waals surface area (Å²) in [5.41, 5.74) is 2.38. The Kier molecular flexibility index (Phi) is 3.67. The molecule has 0 saturated carbocycles. The van der Waals surface area contributed by atoms with Gasteiger partial charge in [-0.1, -0.05) is 25.1 Å². The third-order valence-electron chi connectivity index (χ3n) is 1.88. The van der Waals surface area contributed by atoms with Crippen molar-refractivity contribution in [2.75, 3.05) is 6.61 Å². The third-order valence-corrected chi connectivity index (χ3v) is 2.03. The average molecular weight is 196 g/mol. The van der Waals surface area contributed by atoms with Gasteiger partial charge in [-0.3, -0.25) is 0 Å². The van der Waals surface area contributed by atoms with E-state index in [9.17, 15) is 0 Å². The van der Waals surface area contributed by atoms with Crippen LogP contribution in [0.15, 0.2) is 18.2 Å². The highest BCUT2D eigenvalue weighted by molar-refractivity contribution is 7.80. The van der Waals surface area contributed by atoms with Gasteiger partial charge >= 0.3 is 0 Å². The van der Waals surface area contributed by atoms with Crippen molar-refractivity contribution in [1.82, 2.24) is 0 Å². The van der Waals surface area contributed by atoms with E-state index in [0.29, 0.717) is 6.61 Å². The second-order valence-corrected chi connectivity index (χ2v) is 4.26. The highest BCUT2D eigenvalue weighted by Crippen LogP contribution is 2.22. The minimum absolute atomic E-state index is 0.277. The number of hydrogen-bond donors (Lipinski definition) is 1. The van der Waals surface area contributed by atoms with E-state index in [1.807, 2.05) is 13.0 Å². The number of aryl methyl sites for hydroxylation is 2. The monoisotopic (exact) mass is 196 g/mol. The number of ether oxygens (including phenoxy) is 1. The molecule has 1 aromatic rings. The lowest BCUT2D eigenvalue weighted by molar-refractivity contribution is 0.318. The van der Waals surface area contributed by atoms with Crippen LogP contribution in [0.4, 0.5) is 0 Å². The van der Waals surface area contributed by atoms with Crippen molar-refractivity contribution in [2.24, 2.45) is 0 Å². The fraction of sp³-hybridized carbons (Fsp3) is 0.455. The van der Waals surface area contributed by atoms with Crippen LogP contribution in [-0.2, 0) is 0 Å². The van der Waals surface area contributed by atoms with Gasteiger partial charge in [0.1, 0.15) is 5.75 Å². The van der Waals surface area contributed by atoms with Crippen molar-refractivity contribution in [1.29, 1.82) is 0 Å².